The van der Waals surface area contributed by atoms with E-state index in [1.54, 1.807) is 10.5 Å². The van der Waals surface area contributed by atoms with E-state index in [0.29, 0.717) is 12.6 Å². The van der Waals surface area contributed by atoms with E-state index >= 15 is 0 Å². The Hall–Kier alpha value is -1.72. The summed E-state index contributed by atoms with van der Waals surface area (Å²) >= 11 is 0. The maximum atomic E-state index is 12.2. The van der Waals surface area contributed by atoms with E-state index in [4.69, 9.17) is 0 Å². The van der Waals surface area contributed by atoms with Crippen LogP contribution in [-0.4, -0.2) is 40.5 Å². The molecule has 5 nitrogen and oxygen atoms in total. The highest BCUT2D eigenvalue weighted by molar-refractivity contribution is 5.39. The largest absolute Gasteiger partial charge is 0.313 e. The zero-order valence-corrected chi connectivity index (χ0v) is 12.7. The van der Waals surface area contributed by atoms with Crippen LogP contribution in [0.3, 0.4) is 0 Å². The molecular formula is C16H22N4O. The molecule has 1 atom stereocenters. The molecule has 0 bridgehead atoms. The normalized spacial score (nSPS) is 18.7. The van der Waals surface area contributed by atoms with Crippen LogP contribution in [0.25, 0.3) is 5.65 Å². The highest BCUT2D eigenvalue weighted by Crippen LogP contribution is 2.08. The molecule has 1 unspecified atom stereocenters. The summed E-state index contributed by atoms with van der Waals surface area (Å²) in [5.74, 6) is 0. The van der Waals surface area contributed by atoms with Gasteiger partial charge in [-0.3, -0.25) is 14.1 Å². The molecular weight excluding hydrogens is 264 g/mol. The Morgan fingerprint density at radius 1 is 1.48 bits per heavy atom. The molecule has 0 aliphatic carbocycles. The molecule has 112 valence electrons. The standard InChI is InChI=1S/C16H22N4O/c1-12-5-6-15-18-14(8-16(21)20(15)9-12)11-19(2)10-13-4-3-7-17-13/h5-6,8-9,13,17H,3-4,7,10-11H2,1-2H3. The molecule has 1 saturated heterocycles. The van der Waals surface area contributed by atoms with Crippen LogP contribution in [0.1, 0.15) is 24.1 Å². The van der Waals surface area contributed by atoms with E-state index in [0.717, 1.165) is 30.0 Å². The first-order valence-corrected chi connectivity index (χ1v) is 7.53. The predicted octanol–water partition coefficient (Wildman–Crippen LogP) is 1.19. The molecule has 21 heavy (non-hydrogen) atoms. The fraction of sp³-hybridized carbons (Fsp3) is 0.500. The predicted molar refractivity (Wildman–Crippen MR) is 83.6 cm³/mol. The first kappa shape index (κ1) is 14.2. The number of aryl methyl sites for hydroxylation is 1. The van der Waals surface area contributed by atoms with Crippen molar-refractivity contribution in [2.24, 2.45) is 0 Å². The summed E-state index contributed by atoms with van der Waals surface area (Å²) in [6.07, 6.45) is 4.32. The highest BCUT2D eigenvalue weighted by Gasteiger charge is 2.16. The third-order valence-corrected chi connectivity index (χ3v) is 3.99. The minimum atomic E-state index is -0.00825. The van der Waals surface area contributed by atoms with Crippen LogP contribution in [0, 0.1) is 6.92 Å². The van der Waals surface area contributed by atoms with Crippen molar-refractivity contribution in [2.45, 2.75) is 32.4 Å². The molecule has 0 aromatic carbocycles. The Bertz CT molecular complexity index is 688. The Labute approximate surface area is 124 Å². The van der Waals surface area contributed by atoms with Crippen molar-refractivity contribution in [3.05, 3.63) is 46.0 Å². The number of aromatic nitrogens is 2. The minimum Gasteiger partial charge on any atom is -0.313 e. The van der Waals surface area contributed by atoms with Crippen LogP contribution in [0.2, 0.25) is 0 Å². The van der Waals surface area contributed by atoms with E-state index in [2.05, 4.69) is 22.2 Å². The summed E-state index contributed by atoms with van der Waals surface area (Å²) < 4.78 is 1.61. The summed E-state index contributed by atoms with van der Waals surface area (Å²) in [6, 6.07) is 6.10. The summed E-state index contributed by atoms with van der Waals surface area (Å²) in [6.45, 7) is 4.79. The molecule has 2 aromatic heterocycles. The van der Waals surface area contributed by atoms with Gasteiger partial charge >= 0.3 is 0 Å². The van der Waals surface area contributed by atoms with Crippen LogP contribution < -0.4 is 10.9 Å². The average Bonchev–Trinajstić information content (AvgIpc) is 2.92. The molecule has 1 aliphatic heterocycles. The quantitative estimate of drug-likeness (QED) is 0.917. The summed E-state index contributed by atoms with van der Waals surface area (Å²) in [5.41, 5.74) is 2.61. The van der Waals surface area contributed by atoms with Gasteiger partial charge in [0.1, 0.15) is 5.65 Å². The molecule has 0 spiro atoms. The minimum absolute atomic E-state index is 0.00825. The molecule has 0 radical (unpaired) electrons. The Morgan fingerprint density at radius 2 is 2.33 bits per heavy atom. The third kappa shape index (κ3) is 3.31. The first-order valence-electron chi connectivity index (χ1n) is 7.53. The number of likely N-dealkylation sites (N-methyl/N-ethyl adjacent to an activating group) is 1. The van der Waals surface area contributed by atoms with Gasteiger partial charge in [-0.25, -0.2) is 4.98 Å². The lowest BCUT2D eigenvalue weighted by Gasteiger charge is -2.20. The fourth-order valence-electron chi connectivity index (χ4n) is 2.97. The molecule has 1 N–H and O–H groups in total. The fourth-order valence-corrected chi connectivity index (χ4v) is 2.97. The lowest BCUT2D eigenvalue weighted by molar-refractivity contribution is 0.290. The van der Waals surface area contributed by atoms with Gasteiger partial charge in [0.25, 0.3) is 5.56 Å². The maximum Gasteiger partial charge on any atom is 0.258 e. The van der Waals surface area contributed by atoms with E-state index < -0.39 is 0 Å². The lowest BCUT2D eigenvalue weighted by atomic mass is 10.2. The molecule has 2 aromatic rings. The van der Waals surface area contributed by atoms with Crippen molar-refractivity contribution in [1.29, 1.82) is 0 Å². The number of hydrogen-bond acceptors (Lipinski definition) is 4. The van der Waals surface area contributed by atoms with Gasteiger partial charge in [0.15, 0.2) is 0 Å². The third-order valence-electron chi connectivity index (χ3n) is 3.99. The van der Waals surface area contributed by atoms with Gasteiger partial charge < -0.3 is 5.32 Å². The van der Waals surface area contributed by atoms with E-state index in [1.165, 1.54) is 12.8 Å². The van der Waals surface area contributed by atoms with Crippen molar-refractivity contribution < 1.29 is 0 Å². The lowest BCUT2D eigenvalue weighted by Crippen LogP contribution is -2.35. The molecule has 3 heterocycles. The second-order valence-corrected chi connectivity index (χ2v) is 6.01. The van der Waals surface area contributed by atoms with Crippen molar-refractivity contribution in [2.75, 3.05) is 20.1 Å². The van der Waals surface area contributed by atoms with Gasteiger partial charge in [-0.1, -0.05) is 6.07 Å². The number of nitrogens with zero attached hydrogens (tertiary/aromatic N) is 3. The summed E-state index contributed by atoms with van der Waals surface area (Å²) in [4.78, 5) is 19.0. The Balaban J connectivity index is 1.77. The van der Waals surface area contributed by atoms with Crippen LogP contribution in [0.4, 0.5) is 0 Å². The zero-order chi connectivity index (χ0) is 14.8. The van der Waals surface area contributed by atoms with Gasteiger partial charge in [0, 0.05) is 31.4 Å². The van der Waals surface area contributed by atoms with Crippen LogP contribution >= 0.6 is 0 Å². The monoisotopic (exact) mass is 286 g/mol. The second-order valence-electron chi connectivity index (χ2n) is 6.01. The number of rotatable bonds is 4. The van der Waals surface area contributed by atoms with Crippen LogP contribution in [0.5, 0.6) is 0 Å². The van der Waals surface area contributed by atoms with Gasteiger partial charge in [-0.2, -0.15) is 0 Å². The number of nitrogens with one attached hydrogen (secondary N) is 1. The zero-order valence-electron chi connectivity index (χ0n) is 12.7. The van der Waals surface area contributed by atoms with E-state index in [1.807, 2.05) is 25.3 Å². The number of hydrogen-bond donors (Lipinski definition) is 1. The molecule has 1 fully saturated rings. The van der Waals surface area contributed by atoms with E-state index in [9.17, 15) is 4.79 Å². The molecule has 5 heteroatoms. The van der Waals surface area contributed by atoms with Crippen molar-refractivity contribution >= 4 is 5.65 Å². The summed E-state index contributed by atoms with van der Waals surface area (Å²) in [7, 11) is 2.08. The second kappa shape index (κ2) is 5.95. The maximum absolute atomic E-state index is 12.2. The first-order chi connectivity index (χ1) is 10.1. The van der Waals surface area contributed by atoms with Gasteiger partial charge in [0.2, 0.25) is 0 Å². The molecule has 0 saturated carbocycles. The number of fused-ring (bicyclic) bond motifs is 1. The van der Waals surface area contributed by atoms with Gasteiger partial charge in [-0.15, -0.1) is 0 Å². The Morgan fingerprint density at radius 3 is 3.10 bits per heavy atom. The molecule has 3 rings (SSSR count). The smallest absolute Gasteiger partial charge is 0.258 e. The van der Waals surface area contributed by atoms with Crippen molar-refractivity contribution in [3.63, 3.8) is 0 Å². The molecule has 0 amide bonds. The highest BCUT2D eigenvalue weighted by atomic mass is 16.1. The SMILES string of the molecule is Cc1ccc2nc(CN(C)CC3CCCN3)cc(=O)n2c1. The summed E-state index contributed by atoms with van der Waals surface area (Å²) in [5, 5.41) is 3.49. The van der Waals surface area contributed by atoms with Crippen LogP contribution in [-0.2, 0) is 6.54 Å². The number of pyridine rings is 1. The Kier molecular flexibility index (Phi) is 4.03. The topological polar surface area (TPSA) is 49.6 Å². The average molecular weight is 286 g/mol. The van der Waals surface area contributed by atoms with Crippen LogP contribution in [0.15, 0.2) is 29.2 Å². The van der Waals surface area contributed by atoms with Gasteiger partial charge in [0.05, 0.1) is 5.69 Å². The van der Waals surface area contributed by atoms with Gasteiger partial charge in [-0.05, 0) is 45.0 Å². The van der Waals surface area contributed by atoms with Crippen molar-refractivity contribution in [3.8, 4) is 0 Å². The van der Waals surface area contributed by atoms with Crippen molar-refractivity contribution in [1.82, 2.24) is 19.6 Å². The van der Waals surface area contributed by atoms with E-state index in [-0.39, 0.29) is 5.56 Å². The molecule has 1 aliphatic rings.